The molecule has 2 fully saturated rings. The molecule has 0 aromatic carbocycles. The van der Waals surface area contributed by atoms with Crippen LogP contribution in [0, 0.1) is 0 Å². The van der Waals surface area contributed by atoms with Crippen LogP contribution in [0.2, 0.25) is 0 Å². The van der Waals surface area contributed by atoms with Crippen LogP contribution in [0.25, 0.3) is 0 Å². The first-order chi connectivity index (χ1) is 6.90. The molecule has 0 aromatic rings. The van der Waals surface area contributed by atoms with Crippen LogP contribution in [0.5, 0.6) is 0 Å². The molecule has 0 amide bonds. The van der Waals surface area contributed by atoms with Crippen LogP contribution >= 0.6 is 0 Å². The van der Waals surface area contributed by atoms with Gasteiger partial charge in [0.1, 0.15) is 0 Å². The largest absolute Gasteiger partial charge is 0.395 e. The Balaban J connectivity index is 1.68. The van der Waals surface area contributed by atoms with Crippen LogP contribution in [0.4, 0.5) is 0 Å². The summed E-state index contributed by atoms with van der Waals surface area (Å²) in [5.74, 6) is 0. The Labute approximate surface area is 86.7 Å². The van der Waals surface area contributed by atoms with Gasteiger partial charge in [-0.05, 0) is 45.3 Å². The highest BCUT2D eigenvalue weighted by Crippen LogP contribution is 2.16. The summed E-state index contributed by atoms with van der Waals surface area (Å²) < 4.78 is 0. The molecule has 1 atom stereocenters. The molecule has 0 bridgehead atoms. The van der Waals surface area contributed by atoms with Gasteiger partial charge in [0.15, 0.2) is 0 Å². The van der Waals surface area contributed by atoms with Crippen LogP contribution in [0.15, 0.2) is 0 Å². The smallest absolute Gasteiger partial charge is 0.0586 e. The Hall–Kier alpha value is -0.120. The summed E-state index contributed by atoms with van der Waals surface area (Å²) in [6.45, 7) is 6.48. The minimum absolute atomic E-state index is 0.347. The quantitative estimate of drug-likeness (QED) is 0.714. The predicted molar refractivity (Wildman–Crippen MR) is 57.4 cm³/mol. The lowest BCUT2D eigenvalue weighted by atomic mass is 10.2. The highest BCUT2D eigenvalue weighted by molar-refractivity contribution is 4.79. The molecule has 2 rings (SSSR count). The van der Waals surface area contributed by atoms with Gasteiger partial charge in [0.2, 0.25) is 0 Å². The van der Waals surface area contributed by atoms with Gasteiger partial charge in [0.25, 0.3) is 0 Å². The third-order valence-corrected chi connectivity index (χ3v) is 3.61. The van der Waals surface area contributed by atoms with Crippen molar-refractivity contribution in [3.63, 3.8) is 0 Å². The van der Waals surface area contributed by atoms with Gasteiger partial charge < -0.3 is 10.0 Å². The molecule has 1 N–H and O–H groups in total. The fraction of sp³-hybridized carbons (Fsp3) is 1.00. The van der Waals surface area contributed by atoms with E-state index in [1.165, 1.54) is 51.9 Å². The number of rotatable bonds is 4. The number of likely N-dealkylation sites (tertiary alicyclic amines) is 2. The van der Waals surface area contributed by atoms with Crippen molar-refractivity contribution in [2.45, 2.75) is 31.7 Å². The second-order valence-electron chi connectivity index (χ2n) is 4.56. The monoisotopic (exact) mass is 198 g/mol. The minimum Gasteiger partial charge on any atom is -0.395 e. The van der Waals surface area contributed by atoms with Crippen LogP contribution in [0.3, 0.4) is 0 Å². The zero-order valence-corrected chi connectivity index (χ0v) is 8.99. The highest BCUT2D eigenvalue weighted by Gasteiger charge is 2.24. The number of aliphatic hydroxyl groups excluding tert-OH is 1. The van der Waals surface area contributed by atoms with Crippen LogP contribution in [-0.2, 0) is 0 Å². The first-order valence-corrected chi connectivity index (χ1v) is 5.97. The lowest BCUT2D eigenvalue weighted by Gasteiger charge is -2.25. The third kappa shape index (κ3) is 2.47. The summed E-state index contributed by atoms with van der Waals surface area (Å²) in [5.41, 5.74) is 0. The maximum Gasteiger partial charge on any atom is 0.0586 e. The van der Waals surface area contributed by atoms with E-state index < -0.39 is 0 Å². The van der Waals surface area contributed by atoms with E-state index in [0.29, 0.717) is 12.6 Å². The molecule has 2 aliphatic rings. The zero-order chi connectivity index (χ0) is 9.80. The Morgan fingerprint density at radius 2 is 1.79 bits per heavy atom. The molecule has 82 valence electrons. The molecular formula is C11H22N2O. The minimum atomic E-state index is 0.347. The van der Waals surface area contributed by atoms with E-state index in [1.807, 2.05) is 0 Å². The van der Waals surface area contributed by atoms with Gasteiger partial charge in [-0.15, -0.1) is 0 Å². The summed E-state index contributed by atoms with van der Waals surface area (Å²) in [6.07, 6.45) is 5.22. The second kappa shape index (κ2) is 5.10. The van der Waals surface area contributed by atoms with Crippen molar-refractivity contribution < 1.29 is 5.11 Å². The molecule has 0 aromatic heterocycles. The van der Waals surface area contributed by atoms with Gasteiger partial charge in [0.05, 0.1) is 6.61 Å². The van der Waals surface area contributed by atoms with Crippen molar-refractivity contribution >= 4 is 0 Å². The predicted octanol–water partition coefficient (Wildman–Crippen LogP) is 0.539. The topological polar surface area (TPSA) is 26.7 Å². The normalized spacial score (nSPS) is 30.2. The van der Waals surface area contributed by atoms with E-state index in [4.69, 9.17) is 0 Å². The Bertz CT molecular complexity index is 169. The van der Waals surface area contributed by atoms with Crippen molar-refractivity contribution in [2.24, 2.45) is 0 Å². The van der Waals surface area contributed by atoms with Crippen molar-refractivity contribution in [1.82, 2.24) is 9.80 Å². The molecule has 3 nitrogen and oxygen atoms in total. The fourth-order valence-electron chi connectivity index (χ4n) is 2.67. The van der Waals surface area contributed by atoms with E-state index in [2.05, 4.69) is 9.80 Å². The van der Waals surface area contributed by atoms with Crippen molar-refractivity contribution in [2.75, 3.05) is 39.3 Å². The molecular weight excluding hydrogens is 176 g/mol. The molecule has 2 aliphatic heterocycles. The molecule has 0 spiro atoms. The third-order valence-electron chi connectivity index (χ3n) is 3.61. The maximum atomic E-state index is 9.17. The first-order valence-electron chi connectivity index (χ1n) is 5.97. The molecule has 0 aliphatic carbocycles. The van der Waals surface area contributed by atoms with E-state index in [-0.39, 0.29) is 0 Å². The zero-order valence-electron chi connectivity index (χ0n) is 8.99. The average molecular weight is 198 g/mol. The van der Waals surface area contributed by atoms with E-state index in [0.717, 1.165) is 6.54 Å². The number of hydrogen-bond donors (Lipinski definition) is 1. The highest BCUT2D eigenvalue weighted by atomic mass is 16.3. The van der Waals surface area contributed by atoms with Gasteiger partial charge in [-0.2, -0.15) is 0 Å². The lowest BCUT2D eigenvalue weighted by Crippen LogP contribution is -2.38. The van der Waals surface area contributed by atoms with E-state index in [1.54, 1.807) is 0 Å². The summed E-state index contributed by atoms with van der Waals surface area (Å²) in [4.78, 5) is 5.01. The summed E-state index contributed by atoms with van der Waals surface area (Å²) >= 11 is 0. The molecule has 14 heavy (non-hydrogen) atoms. The Morgan fingerprint density at radius 3 is 2.50 bits per heavy atom. The maximum absolute atomic E-state index is 9.17. The standard InChI is InChI=1S/C11H22N2O/c14-10-11-4-3-7-13(11)9-8-12-5-1-2-6-12/h11,14H,1-10H2/t11-/m1/s1. The van der Waals surface area contributed by atoms with Crippen molar-refractivity contribution in [1.29, 1.82) is 0 Å². The van der Waals surface area contributed by atoms with E-state index in [9.17, 15) is 5.11 Å². The van der Waals surface area contributed by atoms with Gasteiger partial charge >= 0.3 is 0 Å². The van der Waals surface area contributed by atoms with Gasteiger partial charge in [-0.25, -0.2) is 0 Å². The number of hydrogen-bond acceptors (Lipinski definition) is 3. The first kappa shape index (κ1) is 10.4. The summed E-state index contributed by atoms with van der Waals surface area (Å²) in [7, 11) is 0. The average Bonchev–Trinajstić information content (AvgIpc) is 2.85. The SMILES string of the molecule is OC[C@H]1CCCN1CCN1CCCC1. The summed E-state index contributed by atoms with van der Waals surface area (Å²) in [6, 6.07) is 0.456. The molecule has 0 unspecified atom stereocenters. The summed E-state index contributed by atoms with van der Waals surface area (Å²) in [5, 5.41) is 9.17. The van der Waals surface area contributed by atoms with Gasteiger partial charge in [-0.3, -0.25) is 4.90 Å². The molecule has 0 saturated carbocycles. The van der Waals surface area contributed by atoms with Crippen molar-refractivity contribution in [3.8, 4) is 0 Å². The van der Waals surface area contributed by atoms with Gasteiger partial charge in [0, 0.05) is 19.1 Å². The fourth-order valence-corrected chi connectivity index (χ4v) is 2.67. The number of nitrogens with zero attached hydrogens (tertiary/aromatic N) is 2. The lowest BCUT2D eigenvalue weighted by molar-refractivity contribution is 0.146. The van der Waals surface area contributed by atoms with Crippen LogP contribution in [-0.4, -0.2) is 60.3 Å². The Morgan fingerprint density at radius 1 is 1.00 bits per heavy atom. The van der Waals surface area contributed by atoms with E-state index >= 15 is 0 Å². The molecule has 2 saturated heterocycles. The molecule has 3 heteroatoms. The Kier molecular flexibility index (Phi) is 3.79. The second-order valence-corrected chi connectivity index (χ2v) is 4.56. The van der Waals surface area contributed by atoms with Gasteiger partial charge in [-0.1, -0.05) is 0 Å². The van der Waals surface area contributed by atoms with Crippen LogP contribution in [0.1, 0.15) is 25.7 Å². The van der Waals surface area contributed by atoms with Crippen molar-refractivity contribution in [3.05, 3.63) is 0 Å². The van der Waals surface area contributed by atoms with Crippen LogP contribution < -0.4 is 0 Å². The molecule has 0 radical (unpaired) electrons. The molecule has 2 heterocycles. The number of aliphatic hydroxyl groups is 1.